The Bertz CT molecular complexity index is 1460. The summed E-state index contributed by atoms with van der Waals surface area (Å²) in [6, 6.07) is 19.5. The Hall–Kier alpha value is -4.34. The smallest absolute Gasteiger partial charge is 0.295 e. The lowest BCUT2D eigenvalue weighted by atomic mass is 9.94. The predicted octanol–water partition coefficient (Wildman–Crippen LogP) is 4.35. The number of hydrogen-bond donors (Lipinski definition) is 1. The van der Waals surface area contributed by atoms with Gasteiger partial charge in [-0.1, -0.05) is 36.4 Å². The third-order valence-electron chi connectivity index (χ3n) is 7.71. The molecule has 2 heterocycles. The quantitative estimate of drug-likeness (QED) is 0.218. The standard InChI is InChI=1S/C33H36N2O7/c1-22-19-25(10-11-26(22)39-2)31(36)29-30(35(33(38)32(29)37)14-13-34-15-17-41-18-16-34)24-9-12-27(28(20-24)40-3)42-21-23-7-5-4-6-8-23/h4-12,19-20,30,36H,13-18,21H2,1-3H3/b31-29+. The van der Waals surface area contributed by atoms with Crippen molar-refractivity contribution < 1.29 is 33.6 Å². The normalized spacial score (nSPS) is 18.7. The van der Waals surface area contributed by atoms with Crippen LogP contribution >= 0.6 is 0 Å². The zero-order chi connectivity index (χ0) is 29.6. The van der Waals surface area contributed by atoms with Gasteiger partial charge >= 0.3 is 0 Å². The van der Waals surface area contributed by atoms with Gasteiger partial charge in [0.1, 0.15) is 18.1 Å². The lowest BCUT2D eigenvalue weighted by Crippen LogP contribution is -2.42. The van der Waals surface area contributed by atoms with Gasteiger partial charge in [0.2, 0.25) is 0 Å². The van der Waals surface area contributed by atoms with Gasteiger partial charge in [0.15, 0.2) is 11.5 Å². The molecule has 1 atom stereocenters. The van der Waals surface area contributed by atoms with Crippen molar-refractivity contribution in [3.05, 3.63) is 94.6 Å². The summed E-state index contributed by atoms with van der Waals surface area (Å²) in [5, 5.41) is 11.5. The van der Waals surface area contributed by atoms with Crippen LogP contribution in [0.25, 0.3) is 5.76 Å². The number of Topliss-reactive ketones (excluding diaryl/α,β-unsaturated/α-hetero) is 1. The first-order chi connectivity index (χ1) is 20.4. The fourth-order valence-electron chi connectivity index (χ4n) is 5.42. The molecule has 0 bridgehead atoms. The number of amides is 1. The summed E-state index contributed by atoms with van der Waals surface area (Å²) >= 11 is 0. The summed E-state index contributed by atoms with van der Waals surface area (Å²) in [4.78, 5) is 30.7. The van der Waals surface area contributed by atoms with Crippen LogP contribution in [-0.4, -0.2) is 80.2 Å². The van der Waals surface area contributed by atoms with Crippen LogP contribution in [0.5, 0.6) is 17.2 Å². The number of likely N-dealkylation sites (tertiary alicyclic amines) is 1. The van der Waals surface area contributed by atoms with Gasteiger partial charge in [0.05, 0.1) is 39.0 Å². The van der Waals surface area contributed by atoms with Gasteiger partial charge < -0.3 is 29.0 Å². The number of methoxy groups -OCH3 is 2. The molecular formula is C33H36N2O7. The van der Waals surface area contributed by atoms with E-state index in [-0.39, 0.29) is 11.3 Å². The first kappa shape index (κ1) is 29.2. The second kappa shape index (κ2) is 13.1. The topological polar surface area (TPSA) is 97.8 Å². The average molecular weight is 573 g/mol. The van der Waals surface area contributed by atoms with Crippen LogP contribution in [0.1, 0.15) is 28.3 Å². The van der Waals surface area contributed by atoms with E-state index in [4.69, 9.17) is 18.9 Å². The highest BCUT2D eigenvalue weighted by Gasteiger charge is 2.46. The number of aryl methyl sites for hydroxylation is 1. The summed E-state index contributed by atoms with van der Waals surface area (Å²) in [7, 11) is 3.12. The minimum atomic E-state index is -0.814. The summed E-state index contributed by atoms with van der Waals surface area (Å²) in [5.74, 6) is 0.0367. The van der Waals surface area contributed by atoms with Gasteiger partial charge in [0, 0.05) is 31.7 Å². The van der Waals surface area contributed by atoms with E-state index < -0.39 is 17.7 Å². The number of carbonyl (C=O) groups is 2. The third kappa shape index (κ3) is 6.12. The molecule has 5 rings (SSSR count). The molecule has 220 valence electrons. The molecule has 2 aliphatic heterocycles. The number of nitrogens with zero attached hydrogens (tertiary/aromatic N) is 2. The molecule has 2 aliphatic rings. The van der Waals surface area contributed by atoms with E-state index in [9.17, 15) is 14.7 Å². The third-order valence-corrected chi connectivity index (χ3v) is 7.71. The Labute approximate surface area is 245 Å². The highest BCUT2D eigenvalue weighted by atomic mass is 16.5. The summed E-state index contributed by atoms with van der Waals surface area (Å²) in [6.07, 6.45) is 0. The first-order valence-corrected chi connectivity index (χ1v) is 14.0. The van der Waals surface area contributed by atoms with Crippen LogP contribution in [0.3, 0.4) is 0 Å². The molecule has 1 N–H and O–H groups in total. The minimum Gasteiger partial charge on any atom is -0.507 e. The highest BCUT2D eigenvalue weighted by Crippen LogP contribution is 2.42. The Morgan fingerprint density at radius 3 is 2.31 bits per heavy atom. The van der Waals surface area contributed by atoms with Crippen molar-refractivity contribution in [1.29, 1.82) is 0 Å². The number of ether oxygens (including phenoxy) is 4. The van der Waals surface area contributed by atoms with Gasteiger partial charge in [0.25, 0.3) is 11.7 Å². The van der Waals surface area contributed by atoms with Gasteiger partial charge in [-0.3, -0.25) is 14.5 Å². The van der Waals surface area contributed by atoms with E-state index in [0.717, 1.165) is 24.2 Å². The van der Waals surface area contributed by atoms with E-state index in [1.807, 2.05) is 43.3 Å². The summed E-state index contributed by atoms with van der Waals surface area (Å²) in [5.41, 5.74) is 2.90. The molecule has 0 aliphatic carbocycles. The van der Waals surface area contributed by atoms with E-state index in [1.54, 1.807) is 49.5 Å². The second-order valence-corrected chi connectivity index (χ2v) is 10.3. The Morgan fingerprint density at radius 1 is 0.905 bits per heavy atom. The molecule has 42 heavy (non-hydrogen) atoms. The van der Waals surface area contributed by atoms with Gasteiger partial charge in [-0.15, -0.1) is 0 Å². The summed E-state index contributed by atoms with van der Waals surface area (Å²) in [6.45, 7) is 5.84. The van der Waals surface area contributed by atoms with Crippen LogP contribution in [0.2, 0.25) is 0 Å². The summed E-state index contributed by atoms with van der Waals surface area (Å²) < 4.78 is 22.5. The number of hydrogen-bond acceptors (Lipinski definition) is 8. The molecule has 9 heteroatoms. The van der Waals surface area contributed by atoms with Crippen LogP contribution in [0, 0.1) is 6.92 Å². The van der Waals surface area contributed by atoms with Crippen molar-refractivity contribution in [2.24, 2.45) is 0 Å². The molecule has 3 aromatic carbocycles. The number of rotatable bonds is 10. The lowest BCUT2D eigenvalue weighted by Gasteiger charge is -2.31. The number of carbonyl (C=O) groups excluding carboxylic acids is 2. The number of aliphatic hydroxyl groups is 1. The second-order valence-electron chi connectivity index (χ2n) is 10.3. The largest absolute Gasteiger partial charge is 0.507 e. The van der Waals surface area contributed by atoms with E-state index in [1.165, 1.54) is 0 Å². The predicted molar refractivity (Wildman–Crippen MR) is 158 cm³/mol. The zero-order valence-corrected chi connectivity index (χ0v) is 24.2. The van der Waals surface area contributed by atoms with Crippen LogP contribution < -0.4 is 14.2 Å². The maximum absolute atomic E-state index is 13.5. The molecule has 1 unspecified atom stereocenters. The molecule has 1 amide bonds. The number of aliphatic hydroxyl groups excluding tert-OH is 1. The van der Waals surface area contributed by atoms with Gasteiger partial charge in [-0.05, 0) is 53.9 Å². The van der Waals surface area contributed by atoms with Gasteiger partial charge in [-0.25, -0.2) is 0 Å². The molecule has 0 radical (unpaired) electrons. The molecule has 2 fully saturated rings. The fourth-order valence-corrected chi connectivity index (χ4v) is 5.42. The van der Waals surface area contributed by atoms with E-state index in [0.29, 0.717) is 61.3 Å². The Kier molecular flexibility index (Phi) is 9.09. The highest BCUT2D eigenvalue weighted by molar-refractivity contribution is 6.46. The van der Waals surface area contributed by atoms with Crippen molar-refractivity contribution >= 4 is 17.4 Å². The molecule has 9 nitrogen and oxygen atoms in total. The van der Waals surface area contributed by atoms with E-state index >= 15 is 0 Å². The number of morpholine rings is 1. The molecular weight excluding hydrogens is 536 g/mol. The SMILES string of the molecule is COc1ccc(/C(O)=C2\C(=O)C(=O)N(CCN3CCOCC3)C2c2ccc(OCc3ccccc3)c(OC)c2)cc1C. The first-order valence-electron chi connectivity index (χ1n) is 14.0. The fraction of sp³-hybridized carbons (Fsp3) is 0.333. The molecule has 2 saturated heterocycles. The Morgan fingerprint density at radius 2 is 1.62 bits per heavy atom. The number of ketones is 1. The monoisotopic (exact) mass is 572 g/mol. The minimum absolute atomic E-state index is 0.0338. The zero-order valence-electron chi connectivity index (χ0n) is 24.2. The molecule has 0 aromatic heterocycles. The van der Waals surface area contributed by atoms with Crippen LogP contribution in [-0.2, 0) is 20.9 Å². The lowest BCUT2D eigenvalue weighted by molar-refractivity contribution is -0.140. The van der Waals surface area contributed by atoms with Crippen molar-refractivity contribution in [2.45, 2.75) is 19.6 Å². The Balaban J connectivity index is 1.52. The van der Waals surface area contributed by atoms with Crippen molar-refractivity contribution in [2.75, 3.05) is 53.6 Å². The number of benzene rings is 3. The van der Waals surface area contributed by atoms with Crippen LogP contribution in [0.15, 0.2) is 72.3 Å². The maximum Gasteiger partial charge on any atom is 0.295 e. The maximum atomic E-state index is 13.5. The van der Waals surface area contributed by atoms with Gasteiger partial charge in [-0.2, -0.15) is 0 Å². The van der Waals surface area contributed by atoms with Crippen LogP contribution in [0.4, 0.5) is 0 Å². The average Bonchev–Trinajstić information content (AvgIpc) is 3.28. The molecule has 0 saturated carbocycles. The van der Waals surface area contributed by atoms with Crippen molar-refractivity contribution in [3.8, 4) is 17.2 Å². The van der Waals surface area contributed by atoms with E-state index in [2.05, 4.69) is 4.90 Å². The molecule has 0 spiro atoms. The molecule has 3 aromatic rings. The van der Waals surface area contributed by atoms with Crippen molar-refractivity contribution in [1.82, 2.24) is 9.80 Å². The van der Waals surface area contributed by atoms with Crippen molar-refractivity contribution in [3.63, 3.8) is 0 Å².